The first-order valence-electron chi connectivity index (χ1n) is 10.5. The molecular formula is C24H27F2NO4. The predicted octanol–water partition coefficient (Wildman–Crippen LogP) is 4.18. The number of allylic oxidation sites excluding steroid dienone is 1. The third kappa shape index (κ3) is 4.65. The van der Waals surface area contributed by atoms with Crippen LogP contribution in [0.5, 0.6) is 0 Å². The van der Waals surface area contributed by atoms with Crippen molar-refractivity contribution in [2.24, 2.45) is 0 Å². The molecule has 2 saturated heterocycles. The second-order valence-corrected chi connectivity index (χ2v) is 7.92. The third-order valence-corrected chi connectivity index (χ3v) is 5.90. The standard InChI is InChI=1S/C24H27F2NO4/c1-3-19(27-29-2)22-21(13-18-12-20(28)24(22)30-18)31-23(14-4-8-16(25)9-5-14)15-6-10-17(26)11-7-15/h4-11,18,20-21,23-24,27-28H,3,12-13H2,1-2H3/t18?,20?,21-,24-/m1/s1. The Morgan fingerprint density at radius 2 is 1.65 bits per heavy atom. The molecule has 2 fully saturated rings. The Balaban J connectivity index is 1.73. The zero-order valence-electron chi connectivity index (χ0n) is 17.6. The van der Waals surface area contributed by atoms with Crippen LogP contribution in [0.25, 0.3) is 0 Å². The maximum Gasteiger partial charge on any atom is 0.123 e. The van der Waals surface area contributed by atoms with Crippen LogP contribution in [0, 0.1) is 11.6 Å². The number of nitrogens with one attached hydrogen (secondary N) is 1. The quantitative estimate of drug-likeness (QED) is 0.645. The van der Waals surface area contributed by atoms with Gasteiger partial charge in [0.2, 0.25) is 0 Å². The zero-order chi connectivity index (χ0) is 22.0. The summed E-state index contributed by atoms with van der Waals surface area (Å²) >= 11 is 0. The van der Waals surface area contributed by atoms with Crippen molar-refractivity contribution in [3.05, 3.63) is 82.6 Å². The van der Waals surface area contributed by atoms with Gasteiger partial charge in [0.1, 0.15) is 23.8 Å². The number of hydrogen-bond donors (Lipinski definition) is 2. The minimum absolute atomic E-state index is 0.114. The van der Waals surface area contributed by atoms with Crippen molar-refractivity contribution in [2.75, 3.05) is 7.11 Å². The first-order valence-corrected chi connectivity index (χ1v) is 10.5. The highest BCUT2D eigenvalue weighted by Gasteiger charge is 2.47. The lowest BCUT2D eigenvalue weighted by atomic mass is 9.94. The highest BCUT2D eigenvalue weighted by atomic mass is 19.1. The number of aliphatic hydroxyl groups is 1. The van der Waals surface area contributed by atoms with Crippen LogP contribution < -0.4 is 5.48 Å². The molecule has 0 aliphatic carbocycles. The van der Waals surface area contributed by atoms with Crippen molar-refractivity contribution >= 4 is 0 Å². The van der Waals surface area contributed by atoms with Gasteiger partial charge in [-0.15, -0.1) is 0 Å². The lowest BCUT2D eigenvalue weighted by molar-refractivity contribution is -0.0704. The zero-order valence-corrected chi connectivity index (χ0v) is 17.6. The highest BCUT2D eigenvalue weighted by molar-refractivity contribution is 5.33. The molecule has 2 bridgehead atoms. The number of benzene rings is 2. The molecule has 166 valence electrons. The van der Waals surface area contributed by atoms with Crippen molar-refractivity contribution in [2.45, 2.75) is 56.7 Å². The van der Waals surface area contributed by atoms with Crippen LogP contribution >= 0.6 is 0 Å². The predicted molar refractivity (Wildman–Crippen MR) is 111 cm³/mol. The van der Waals surface area contributed by atoms with E-state index in [0.717, 1.165) is 22.4 Å². The van der Waals surface area contributed by atoms with E-state index in [2.05, 4.69) is 5.48 Å². The molecule has 5 nitrogen and oxygen atoms in total. The van der Waals surface area contributed by atoms with Gasteiger partial charge in [0.25, 0.3) is 0 Å². The summed E-state index contributed by atoms with van der Waals surface area (Å²) in [6, 6.07) is 12.2. The molecule has 2 aliphatic heterocycles. The molecule has 0 spiro atoms. The van der Waals surface area contributed by atoms with Crippen molar-refractivity contribution in [3.63, 3.8) is 0 Å². The normalized spacial score (nSPS) is 26.9. The minimum atomic E-state index is -0.621. The van der Waals surface area contributed by atoms with Crippen LogP contribution in [0.2, 0.25) is 0 Å². The van der Waals surface area contributed by atoms with Gasteiger partial charge in [-0.25, -0.2) is 8.78 Å². The molecular weight excluding hydrogens is 404 g/mol. The summed E-state index contributed by atoms with van der Waals surface area (Å²) in [4.78, 5) is 5.15. The number of aliphatic hydroxyl groups excluding tert-OH is 1. The molecule has 0 amide bonds. The van der Waals surface area contributed by atoms with Gasteiger partial charge in [0.15, 0.2) is 0 Å². The smallest absolute Gasteiger partial charge is 0.123 e. The fraction of sp³-hybridized carbons (Fsp3) is 0.417. The van der Waals surface area contributed by atoms with Crippen molar-refractivity contribution in [3.8, 4) is 0 Å². The fourth-order valence-electron chi connectivity index (χ4n) is 4.47. The van der Waals surface area contributed by atoms with E-state index in [-0.39, 0.29) is 23.8 Å². The Bertz CT molecular complexity index is 871. The SMILES string of the molecule is CCC(NOC)=C1[C@H](OC(c2ccc(F)cc2)c2ccc(F)cc2)CC2CC(O)[C@H]1O2. The van der Waals surface area contributed by atoms with Crippen LogP contribution in [0.15, 0.2) is 59.8 Å². The number of rotatable bonds is 7. The monoisotopic (exact) mass is 431 g/mol. The second-order valence-electron chi connectivity index (χ2n) is 7.92. The van der Waals surface area contributed by atoms with E-state index in [0.29, 0.717) is 19.3 Å². The highest BCUT2D eigenvalue weighted by Crippen LogP contribution is 2.42. The molecule has 0 saturated carbocycles. The number of halogens is 2. The molecule has 2 heterocycles. The lowest BCUT2D eigenvalue weighted by Crippen LogP contribution is -2.39. The van der Waals surface area contributed by atoms with Crippen LogP contribution in [-0.4, -0.2) is 36.6 Å². The number of fused-ring (bicyclic) bond motifs is 2. The maximum absolute atomic E-state index is 13.6. The second kappa shape index (κ2) is 9.44. The molecule has 4 atom stereocenters. The summed E-state index contributed by atoms with van der Waals surface area (Å²) in [5, 5.41) is 10.6. The summed E-state index contributed by atoms with van der Waals surface area (Å²) < 4.78 is 39.8. The number of ether oxygens (including phenoxy) is 2. The lowest BCUT2D eigenvalue weighted by Gasteiger charge is -2.36. The first-order chi connectivity index (χ1) is 15.0. The molecule has 2 N–H and O–H groups in total. The van der Waals surface area contributed by atoms with Gasteiger partial charge in [-0.1, -0.05) is 31.2 Å². The summed E-state index contributed by atoms with van der Waals surface area (Å²) in [6.45, 7) is 1.98. The molecule has 4 rings (SSSR count). The van der Waals surface area contributed by atoms with Gasteiger partial charge in [-0.2, -0.15) is 0 Å². The third-order valence-electron chi connectivity index (χ3n) is 5.90. The fourth-order valence-corrected chi connectivity index (χ4v) is 4.47. The van der Waals surface area contributed by atoms with Gasteiger partial charge in [0.05, 0.1) is 25.4 Å². The van der Waals surface area contributed by atoms with Crippen LogP contribution in [0.1, 0.15) is 43.4 Å². The summed E-state index contributed by atoms with van der Waals surface area (Å²) in [5.74, 6) is -0.682. The molecule has 7 heteroatoms. The van der Waals surface area contributed by atoms with Crippen molar-refractivity contribution in [1.29, 1.82) is 0 Å². The molecule has 2 aliphatic rings. The Morgan fingerprint density at radius 3 is 2.16 bits per heavy atom. The van der Waals surface area contributed by atoms with Crippen molar-refractivity contribution < 1.29 is 28.2 Å². The molecule has 0 aromatic heterocycles. The molecule has 0 radical (unpaired) electrons. The molecule has 31 heavy (non-hydrogen) atoms. The van der Waals surface area contributed by atoms with Gasteiger partial charge >= 0.3 is 0 Å². The van der Waals surface area contributed by atoms with E-state index in [1.165, 1.54) is 31.4 Å². The maximum atomic E-state index is 13.6. The van der Waals surface area contributed by atoms with E-state index < -0.39 is 18.3 Å². The topological polar surface area (TPSA) is 60.0 Å². The van der Waals surface area contributed by atoms with Gasteiger partial charge < -0.3 is 14.6 Å². The van der Waals surface area contributed by atoms with Crippen LogP contribution in [-0.2, 0) is 14.3 Å². The van der Waals surface area contributed by atoms with Gasteiger partial charge in [-0.3, -0.25) is 10.3 Å². The van der Waals surface area contributed by atoms with Gasteiger partial charge in [-0.05, 0) is 41.8 Å². The van der Waals surface area contributed by atoms with E-state index in [1.807, 2.05) is 6.92 Å². The summed E-state index contributed by atoms with van der Waals surface area (Å²) in [5.41, 5.74) is 6.04. The van der Waals surface area contributed by atoms with E-state index in [4.69, 9.17) is 14.3 Å². The number of hydrogen-bond acceptors (Lipinski definition) is 5. The Labute approximate surface area is 180 Å². The van der Waals surface area contributed by atoms with E-state index in [1.54, 1.807) is 24.3 Å². The van der Waals surface area contributed by atoms with E-state index in [9.17, 15) is 13.9 Å². The molecule has 2 unspecified atom stereocenters. The van der Waals surface area contributed by atoms with Crippen LogP contribution in [0.4, 0.5) is 8.78 Å². The first kappa shape index (κ1) is 21.9. The Hall–Kier alpha value is -2.32. The minimum Gasteiger partial charge on any atom is -0.390 e. The van der Waals surface area contributed by atoms with Crippen LogP contribution in [0.3, 0.4) is 0 Å². The van der Waals surface area contributed by atoms with E-state index >= 15 is 0 Å². The Morgan fingerprint density at radius 1 is 1.06 bits per heavy atom. The Kier molecular flexibility index (Phi) is 6.67. The summed E-state index contributed by atoms with van der Waals surface area (Å²) in [6.07, 6.45) is -0.385. The molecule has 2 aromatic carbocycles. The van der Waals surface area contributed by atoms with Crippen molar-refractivity contribution in [1.82, 2.24) is 5.48 Å². The largest absolute Gasteiger partial charge is 0.390 e. The average molecular weight is 431 g/mol. The average Bonchev–Trinajstić information content (AvgIpc) is 3.06. The number of hydroxylamine groups is 1. The van der Waals surface area contributed by atoms with Gasteiger partial charge in [0, 0.05) is 24.1 Å². The molecule has 2 aromatic rings. The summed E-state index contributed by atoms with van der Waals surface area (Å²) in [7, 11) is 1.53.